The molecule has 7 heteroatoms. The third-order valence-electron chi connectivity index (χ3n) is 4.64. The fourth-order valence-corrected chi connectivity index (χ4v) is 2.94. The smallest absolute Gasteiger partial charge is 0.241 e. The van der Waals surface area contributed by atoms with Crippen molar-refractivity contribution in [3.8, 4) is 11.5 Å². The van der Waals surface area contributed by atoms with Gasteiger partial charge < -0.3 is 26.3 Å². The highest BCUT2D eigenvalue weighted by molar-refractivity contribution is 5.82. The number of unbranched alkanes of at least 4 members (excludes halogenated alkanes) is 5. The van der Waals surface area contributed by atoms with Crippen LogP contribution in [0.15, 0.2) is 59.6 Å². The Kier molecular flexibility index (Phi) is 11.4. The molecule has 2 aromatic rings. The molecule has 0 bridgehead atoms. The molecule has 0 spiro atoms. The van der Waals surface area contributed by atoms with Crippen LogP contribution in [0.4, 0.5) is 0 Å². The summed E-state index contributed by atoms with van der Waals surface area (Å²) in [6, 6.07) is 17.9. The minimum absolute atomic E-state index is 0.00816. The molecule has 0 saturated carbocycles. The van der Waals surface area contributed by atoms with Gasteiger partial charge in [0.15, 0.2) is 5.96 Å². The molecular formula is C24H34N4O3. The van der Waals surface area contributed by atoms with Crippen molar-refractivity contribution in [2.24, 2.45) is 16.5 Å². The molecule has 2 aromatic carbocycles. The van der Waals surface area contributed by atoms with E-state index < -0.39 is 0 Å². The number of amides is 1. The number of hydrogen-bond acceptors (Lipinski definition) is 4. The molecule has 0 aliphatic heterocycles. The zero-order valence-corrected chi connectivity index (χ0v) is 18.1. The van der Waals surface area contributed by atoms with Gasteiger partial charge in [0.2, 0.25) is 5.91 Å². The summed E-state index contributed by atoms with van der Waals surface area (Å²) in [5.41, 5.74) is 11.5. The molecular weight excluding hydrogens is 392 g/mol. The zero-order valence-electron chi connectivity index (χ0n) is 18.1. The summed E-state index contributed by atoms with van der Waals surface area (Å²) in [6.07, 6.45) is 6.53. The molecule has 0 aliphatic carbocycles. The lowest BCUT2D eigenvalue weighted by atomic mass is 10.1. The van der Waals surface area contributed by atoms with Gasteiger partial charge in [0.05, 0.1) is 6.61 Å². The lowest BCUT2D eigenvalue weighted by Gasteiger charge is -2.09. The van der Waals surface area contributed by atoms with Crippen molar-refractivity contribution in [1.29, 1.82) is 0 Å². The van der Waals surface area contributed by atoms with Gasteiger partial charge in [-0.3, -0.25) is 4.79 Å². The van der Waals surface area contributed by atoms with Gasteiger partial charge in [-0.2, -0.15) is 0 Å². The molecule has 0 aliphatic rings. The molecule has 0 atom stereocenters. The highest BCUT2D eigenvalue weighted by atomic mass is 16.5. The number of carbonyl (C=O) groups is 1. The standard InChI is InChI=1S/C24H34N4O3/c25-24(26)28-18-23(29)27-16-8-3-1-2-4-9-17-30-21-12-14-22(15-13-21)31-19-20-10-6-5-7-11-20/h5-7,10-15H,1-4,8-9,16-19H2,(H,27,29)(H4,25,26,28). The number of guanidine groups is 1. The van der Waals surface area contributed by atoms with Crippen LogP contribution in [0.25, 0.3) is 0 Å². The lowest BCUT2D eigenvalue weighted by Crippen LogP contribution is -2.30. The van der Waals surface area contributed by atoms with Crippen molar-refractivity contribution < 1.29 is 14.3 Å². The van der Waals surface area contributed by atoms with Gasteiger partial charge in [0.25, 0.3) is 0 Å². The summed E-state index contributed by atoms with van der Waals surface area (Å²) in [4.78, 5) is 15.1. The summed E-state index contributed by atoms with van der Waals surface area (Å²) < 4.78 is 11.6. The van der Waals surface area contributed by atoms with Gasteiger partial charge in [-0.05, 0) is 42.7 Å². The minimum Gasteiger partial charge on any atom is -0.494 e. The largest absolute Gasteiger partial charge is 0.494 e. The van der Waals surface area contributed by atoms with E-state index in [9.17, 15) is 4.79 Å². The molecule has 5 N–H and O–H groups in total. The maximum atomic E-state index is 11.4. The number of rotatable bonds is 15. The van der Waals surface area contributed by atoms with Gasteiger partial charge in [0.1, 0.15) is 24.7 Å². The van der Waals surface area contributed by atoms with Crippen LogP contribution in [-0.4, -0.2) is 31.6 Å². The number of aliphatic imine (C=N–C) groups is 1. The molecule has 0 radical (unpaired) electrons. The number of ether oxygens (including phenoxy) is 2. The van der Waals surface area contributed by atoms with Gasteiger partial charge in [0, 0.05) is 6.54 Å². The Morgan fingerprint density at radius 3 is 2.10 bits per heavy atom. The van der Waals surface area contributed by atoms with Gasteiger partial charge in [-0.15, -0.1) is 0 Å². The maximum Gasteiger partial charge on any atom is 0.241 e. The first-order valence-corrected chi connectivity index (χ1v) is 10.8. The van der Waals surface area contributed by atoms with Gasteiger partial charge in [-0.25, -0.2) is 4.99 Å². The van der Waals surface area contributed by atoms with Crippen molar-refractivity contribution in [2.45, 2.75) is 45.1 Å². The molecule has 1 amide bonds. The first kappa shape index (κ1) is 24.1. The summed E-state index contributed by atoms with van der Waals surface area (Å²) >= 11 is 0. The highest BCUT2D eigenvalue weighted by Gasteiger charge is 2.00. The average molecular weight is 427 g/mol. The van der Waals surface area contributed by atoms with E-state index in [1.54, 1.807) is 0 Å². The van der Waals surface area contributed by atoms with Crippen molar-refractivity contribution in [3.05, 3.63) is 60.2 Å². The normalized spacial score (nSPS) is 10.3. The second-order valence-corrected chi connectivity index (χ2v) is 7.31. The van der Waals surface area contributed by atoms with E-state index in [-0.39, 0.29) is 18.4 Å². The second kappa shape index (κ2) is 14.7. The Labute approximate surface area is 184 Å². The van der Waals surface area contributed by atoms with E-state index >= 15 is 0 Å². The van der Waals surface area contributed by atoms with Crippen LogP contribution in [-0.2, 0) is 11.4 Å². The predicted octanol–water partition coefficient (Wildman–Crippen LogP) is 3.37. The summed E-state index contributed by atoms with van der Waals surface area (Å²) in [6.45, 7) is 1.93. The zero-order chi connectivity index (χ0) is 22.2. The third kappa shape index (κ3) is 11.5. The van der Waals surface area contributed by atoms with E-state index in [4.69, 9.17) is 20.9 Å². The second-order valence-electron chi connectivity index (χ2n) is 7.31. The average Bonchev–Trinajstić information content (AvgIpc) is 2.79. The van der Waals surface area contributed by atoms with E-state index in [2.05, 4.69) is 10.3 Å². The highest BCUT2D eigenvalue weighted by Crippen LogP contribution is 2.19. The van der Waals surface area contributed by atoms with Crippen LogP contribution in [0.5, 0.6) is 11.5 Å². The Morgan fingerprint density at radius 1 is 0.806 bits per heavy atom. The molecule has 2 rings (SSSR count). The summed E-state index contributed by atoms with van der Waals surface area (Å²) in [5.74, 6) is 1.48. The first-order chi connectivity index (χ1) is 15.1. The number of hydrogen-bond donors (Lipinski definition) is 3. The van der Waals surface area contributed by atoms with E-state index in [1.165, 1.54) is 0 Å². The van der Waals surface area contributed by atoms with Crippen LogP contribution in [0.3, 0.4) is 0 Å². The maximum absolute atomic E-state index is 11.4. The van der Waals surface area contributed by atoms with Gasteiger partial charge in [-0.1, -0.05) is 56.0 Å². The molecule has 0 aromatic heterocycles. The van der Waals surface area contributed by atoms with Crippen LogP contribution < -0.4 is 26.3 Å². The van der Waals surface area contributed by atoms with Crippen LogP contribution in [0, 0.1) is 0 Å². The van der Waals surface area contributed by atoms with Crippen molar-refractivity contribution in [1.82, 2.24) is 5.32 Å². The first-order valence-electron chi connectivity index (χ1n) is 10.8. The molecule has 31 heavy (non-hydrogen) atoms. The molecule has 7 nitrogen and oxygen atoms in total. The minimum atomic E-state index is -0.152. The van der Waals surface area contributed by atoms with E-state index in [1.807, 2.05) is 54.6 Å². The summed E-state index contributed by atoms with van der Waals surface area (Å²) in [7, 11) is 0. The molecule has 168 valence electrons. The fourth-order valence-electron chi connectivity index (χ4n) is 2.94. The number of carbonyl (C=O) groups excluding carboxylic acids is 1. The van der Waals surface area contributed by atoms with Gasteiger partial charge >= 0.3 is 0 Å². The van der Waals surface area contributed by atoms with Crippen molar-refractivity contribution >= 4 is 11.9 Å². The van der Waals surface area contributed by atoms with Crippen molar-refractivity contribution in [2.75, 3.05) is 19.7 Å². The summed E-state index contributed by atoms with van der Waals surface area (Å²) in [5, 5.41) is 2.80. The van der Waals surface area contributed by atoms with Crippen LogP contribution in [0.1, 0.15) is 44.1 Å². The number of nitrogens with zero attached hydrogens (tertiary/aromatic N) is 1. The Morgan fingerprint density at radius 2 is 1.42 bits per heavy atom. The Hall–Kier alpha value is -3.22. The SMILES string of the molecule is NC(N)=NCC(=O)NCCCCCCCCOc1ccc(OCc2ccccc2)cc1. The number of nitrogens with one attached hydrogen (secondary N) is 1. The van der Waals surface area contributed by atoms with Crippen LogP contribution in [0.2, 0.25) is 0 Å². The topological polar surface area (TPSA) is 112 Å². The monoisotopic (exact) mass is 426 g/mol. The number of benzene rings is 2. The molecule has 0 unspecified atom stereocenters. The third-order valence-corrected chi connectivity index (χ3v) is 4.64. The molecule has 0 heterocycles. The fraction of sp³-hybridized carbons (Fsp3) is 0.417. The van der Waals surface area contributed by atoms with Crippen LogP contribution >= 0.6 is 0 Å². The molecule has 0 saturated heterocycles. The Balaban J connectivity index is 1.44. The van der Waals surface area contributed by atoms with Crippen molar-refractivity contribution in [3.63, 3.8) is 0 Å². The lowest BCUT2D eigenvalue weighted by molar-refractivity contribution is -0.119. The Bertz CT molecular complexity index is 775. The van der Waals surface area contributed by atoms with E-state index in [0.29, 0.717) is 19.8 Å². The number of nitrogens with two attached hydrogens (primary N) is 2. The molecule has 0 fully saturated rings. The van der Waals surface area contributed by atoms with E-state index in [0.717, 1.165) is 55.6 Å². The quantitative estimate of drug-likeness (QED) is 0.230. The predicted molar refractivity (Wildman–Crippen MR) is 124 cm³/mol.